The lowest BCUT2D eigenvalue weighted by Crippen LogP contribution is -2.29. The number of allylic oxidation sites excluding steroid dienone is 2. The summed E-state index contributed by atoms with van der Waals surface area (Å²) in [5, 5.41) is 0. The average Bonchev–Trinajstić information content (AvgIpc) is 3.13. The number of hydrogen-bond acceptors (Lipinski definition) is 8. The normalized spacial score (nSPS) is 13.4. The Morgan fingerprint density at radius 2 is 0.942 bits per heavy atom. The zero-order valence-electron chi connectivity index (χ0n) is 33.8. The van der Waals surface area contributed by atoms with Crippen LogP contribution in [0.1, 0.15) is 213 Å². The first-order valence-corrected chi connectivity index (χ1v) is 23.2. The summed E-state index contributed by atoms with van der Waals surface area (Å²) in [5.74, 6) is -0.828. The highest BCUT2D eigenvalue weighted by molar-refractivity contribution is 7.47. The van der Waals surface area contributed by atoms with Gasteiger partial charge in [0.05, 0.1) is 13.2 Å². The van der Waals surface area contributed by atoms with Gasteiger partial charge in [-0.25, -0.2) is 4.57 Å². The summed E-state index contributed by atoms with van der Waals surface area (Å²) < 4.78 is 32.8. The first kappa shape index (κ1) is 50.8. The van der Waals surface area contributed by atoms with Gasteiger partial charge in [-0.3, -0.25) is 18.6 Å². The number of nitrogens with two attached hydrogens (primary N) is 1. The number of hydrogen-bond donors (Lipinski definition) is 2. The van der Waals surface area contributed by atoms with Crippen molar-refractivity contribution < 1.29 is 37.6 Å². The van der Waals surface area contributed by atoms with E-state index >= 15 is 0 Å². The third-order valence-corrected chi connectivity index (χ3v) is 10.4. The first-order valence-electron chi connectivity index (χ1n) is 21.7. The second-order valence-electron chi connectivity index (χ2n) is 14.6. The maximum absolute atomic E-state index is 12.6. The highest BCUT2D eigenvalue weighted by atomic mass is 31.2. The number of phosphoric acid groups is 1. The molecule has 0 radical (unpaired) electrons. The fourth-order valence-corrected chi connectivity index (χ4v) is 6.92. The number of esters is 2. The summed E-state index contributed by atoms with van der Waals surface area (Å²) in [6, 6.07) is 0. The van der Waals surface area contributed by atoms with Gasteiger partial charge in [0.15, 0.2) is 6.10 Å². The van der Waals surface area contributed by atoms with Crippen LogP contribution < -0.4 is 5.73 Å². The molecule has 1 unspecified atom stereocenters. The van der Waals surface area contributed by atoms with Crippen LogP contribution in [-0.4, -0.2) is 49.3 Å². The Hall–Kier alpha value is -1.25. The van der Waals surface area contributed by atoms with Crippen LogP contribution in [0, 0.1) is 0 Å². The topological polar surface area (TPSA) is 134 Å². The molecule has 0 rings (SSSR count). The van der Waals surface area contributed by atoms with Crippen LogP contribution >= 0.6 is 7.82 Å². The molecule has 10 heteroatoms. The Morgan fingerprint density at radius 1 is 0.558 bits per heavy atom. The summed E-state index contributed by atoms with van der Waals surface area (Å²) >= 11 is 0. The van der Waals surface area contributed by atoms with Gasteiger partial charge >= 0.3 is 19.8 Å². The molecule has 0 aliphatic carbocycles. The molecule has 0 aliphatic rings. The first-order chi connectivity index (χ1) is 25.3. The largest absolute Gasteiger partial charge is 0.472 e. The Labute approximate surface area is 319 Å². The smallest absolute Gasteiger partial charge is 0.462 e. The van der Waals surface area contributed by atoms with E-state index in [1.807, 2.05) is 0 Å². The molecule has 0 aromatic heterocycles. The number of carbonyl (C=O) groups is 2. The van der Waals surface area contributed by atoms with Crippen molar-refractivity contribution in [3.8, 4) is 0 Å². The van der Waals surface area contributed by atoms with Gasteiger partial charge in [0, 0.05) is 19.4 Å². The maximum atomic E-state index is 12.6. The molecule has 0 heterocycles. The van der Waals surface area contributed by atoms with Gasteiger partial charge in [0.25, 0.3) is 0 Å². The molecule has 0 aliphatic heterocycles. The van der Waals surface area contributed by atoms with Crippen molar-refractivity contribution in [3.05, 3.63) is 12.2 Å². The van der Waals surface area contributed by atoms with Crippen molar-refractivity contribution in [2.24, 2.45) is 5.73 Å². The van der Waals surface area contributed by atoms with Crippen molar-refractivity contribution in [3.63, 3.8) is 0 Å². The number of rotatable bonds is 41. The van der Waals surface area contributed by atoms with E-state index < -0.39 is 26.5 Å². The molecule has 0 amide bonds. The fourth-order valence-electron chi connectivity index (χ4n) is 6.16. The summed E-state index contributed by atoms with van der Waals surface area (Å²) in [6.07, 6.45) is 39.5. The quantitative estimate of drug-likeness (QED) is 0.0270. The third-order valence-electron chi connectivity index (χ3n) is 9.40. The van der Waals surface area contributed by atoms with Gasteiger partial charge in [-0.05, 0) is 38.5 Å². The van der Waals surface area contributed by atoms with E-state index in [-0.39, 0.29) is 38.6 Å². The molecule has 9 nitrogen and oxygen atoms in total. The molecule has 2 atom stereocenters. The van der Waals surface area contributed by atoms with Gasteiger partial charge in [-0.2, -0.15) is 0 Å². The minimum absolute atomic E-state index is 0.0548. The monoisotopic (exact) mass is 760 g/mol. The molecule has 0 aromatic rings. The zero-order valence-corrected chi connectivity index (χ0v) is 34.7. The molecule has 52 heavy (non-hydrogen) atoms. The summed E-state index contributed by atoms with van der Waals surface area (Å²) in [5.41, 5.74) is 5.34. The van der Waals surface area contributed by atoms with E-state index in [1.165, 1.54) is 128 Å². The van der Waals surface area contributed by atoms with E-state index in [1.54, 1.807) is 0 Å². The van der Waals surface area contributed by atoms with Crippen molar-refractivity contribution in [2.45, 2.75) is 219 Å². The van der Waals surface area contributed by atoms with E-state index in [0.29, 0.717) is 6.42 Å². The van der Waals surface area contributed by atoms with Crippen molar-refractivity contribution in [2.75, 3.05) is 26.4 Å². The predicted molar refractivity (Wildman–Crippen MR) is 215 cm³/mol. The average molecular weight is 760 g/mol. The predicted octanol–water partition coefficient (Wildman–Crippen LogP) is 12.2. The van der Waals surface area contributed by atoms with Crippen LogP contribution in [0.5, 0.6) is 0 Å². The van der Waals surface area contributed by atoms with Crippen LogP contribution in [0.25, 0.3) is 0 Å². The summed E-state index contributed by atoms with van der Waals surface area (Å²) in [6.45, 7) is 3.74. The van der Waals surface area contributed by atoms with E-state index in [2.05, 4.69) is 26.0 Å². The molecule has 3 N–H and O–H groups in total. The van der Waals surface area contributed by atoms with Crippen molar-refractivity contribution in [1.29, 1.82) is 0 Å². The Balaban J connectivity index is 4.13. The maximum Gasteiger partial charge on any atom is 0.472 e. The van der Waals surface area contributed by atoms with Gasteiger partial charge in [-0.1, -0.05) is 174 Å². The minimum atomic E-state index is -4.37. The second kappa shape index (κ2) is 39.4. The SMILES string of the molecule is CCCCCCCC/C=C/CCCCCCCC(=O)O[C@H](COC(=O)CCCCCCCCCCCCCCCCCC)COP(=O)(O)OCCN. The van der Waals surface area contributed by atoms with Crippen LogP contribution in [0.3, 0.4) is 0 Å². The zero-order chi connectivity index (χ0) is 38.2. The molecule has 0 saturated carbocycles. The Morgan fingerprint density at radius 3 is 1.37 bits per heavy atom. The lowest BCUT2D eigenvalue weighted by atomic mass is 10.0. The molecular formula is C42H82NO8P. The molecule has 308 valence electrons. The summed E-state index contributed by atoms with van der Waals surface area (Å²) in [7, 11) is -4.37. The number of ether oxygens (including phenoxy) is 2. The molecule has 0 fully saturated rings. The number of phosphoric ester groups is 1. The molecule has 0 aromatic carbocycles. The second-order valence-corrected chi connectivity index (χ2v) is 16.0. The lowest BCUT2D eigenvalue weighted by Gasteiger charge is -2.19. The van der Waals surface area contributed by atoms with E-state index in [9.17, 15) is 19.0 Å². The van der Waals surface area contributed by atoms with Gasteiger partial charge < -0.3 is 20.1 Å². The molecule has 0 bridgehead atoms. The lowest BCUT2D eigenvalue weighted by molar-refractivity contribution is -0.161. The van der Waals surface area contributed by atoms with Gasteiger partial charge in [-0.15, -0.1) is 0 Å². The third kappa shape index (κ3) is 38.5. The van der Waals surface area contributed by atoms with Gasteiger partial charge in [0.2, 0.25) is 0 Å². The Kier molecular flexibility index (Phi) is 38.5. The molecular weight excluding hydrogens is 677 g/mol. The van der Waals surface area contributed by atoms with Crippen LogP contribution in [0.4, 0.5) is 0 Å². The van der Waals surface area contributed by atoms with Crippen LogP contribution in [-0.2, 0) is 32.7 Å². The summed E-state index contributed by atoms with van der Waals surface area (Å²) in [4.78, 5) is 34.8. The number of unbranched alkanes of at least 4 members (excludes halogenated alkanes) is 26. The van der Waals surface area contributed by atoms with Crippen molar-refractivity contribution >= 4 is 19.8 Å². The van der Waals surface area contributed by atoms with Gasteiger partial charge in [0.1, 0.15) is 6.61 Å². The highest BCUT2D eigenvalue weighted by Crippen LogP contribution is 2.43. The van der Waals surface area contributed by atoms with Crippen LogP contribution in [0.2, 0.25) is 0 Å². The van der Waals surface area contributed by atoms with Crippen LogP contribution in [0.15, 0.2) is 12.2 Å². The molecule has 0 spiro atoms. The highest BCUT2D eigenvalue weighted by Gasteiger charge is 2.26. The standard InChI is InChI=1S/C42H82NO8P/c1-3-5-7-9-11-13-15-17-19-21-22-24-26-28-30-32-34-41(44)48-38-40(39-50-52(46,47)49-37-36-43)51-42(45)35-33-31-29-27-25-23-20-18-16-14-12-10-8-6-4-2/h18,20,40H,3-17,19,21-39,43H2,1-2H3,(H,46,47)/b20-18+/t40-/m1/s1. The fraction of sp³-hybridized carbons (Fsp3) is 0.905. The van der Waals surface area contributed by atoms with Crippen molar-refractivity contribution in [1.82, 2.24) is 0 Å². The van der Waals surface area contributed by atoms with E-state index in [0.717, 1.165) is 51.4 Å². The molecule has 0 saturated heterocycles. The minimum Gasteiger partial charge on any atom is -0.462 e. The number of carbonyl (C=O) groups excluding carboxylic acids is 2. The Bertz CT molecular complexity index is 871. The van der Waals surface area contributed by atoms with E-state index in [4.69, 9.17) is 24.3 Å².